The van der Waals surface area contributed by atoms with Gasteiger partial charge < -0.3 is 10.6 Å². The summed E-state index contributed by atoms with van der Waals surface area (Å²) in [4.78, 5) is 28.4. The van der Waals surface area contributed by atoms with Crippen molar-refractivity contribution in [2.45, 2.75) is 38.1 Å². The van der Waals surface area contributed by atoms with E-state index in [0.29, 0.717) is 18.2 Å². The van der Waals surface area contributed by atoms with E-state index in [0.717, 1.165) is 57.4 Å². The van der Waals surface area contributed by atoms with Gasteiger partial charge in [-0.15, -0.1) is 0 Å². The molecule has 2 N–H and O–H groups in total. The molecule has 0 spiro atoms. The molecule has 0 aromatic heterocycles. The van der Waals surface area contributed by atoms with E-state index >= 15 is 0 Å². The summed E-state index contributed by atoms with van der Waals surface area (Å²) in [6.07, 6.45) is 4.84. The lowest BCUT2D eigenvalue weighted by atomic mass is 9.91. The van der Waals surface area contributed by atoms with E-state index in [4.69, 9.17) is 5.73 Å². The van der Waals surface area contributed by atoms with Crippen LogP contribution in [0.25, 0.3) is 0 Å². The number of carbonyl (C=O) groups is 2. The van der Waals surface area contributed by atoms with Crippen molar-refractivity contribution in [2.75, 3.05) is 26.2 Å². The SMILES string of the molecule is NC(=O)[C@H](c1ccccc1)N1CCC(CC(=O)N2CCCC2)CC1. The van der Waals surface area contributed by atoms with Crippen LogP contribution >= 0.6 is 0 Å². The standard InChI is InChI=1S/C19H27N3O2/c20-19(24)18(16-6-2-1-3-7-16)22-12-8-15(9-13-22)14-17(23)21-10-4-5-11-21/h1-3,6-7,15,18H,4-5,8-14H2,(H2,20,24)/t18-/m0/s1. The summed E-state index contributed by atoms with van der Waals surface area (Å²) in [5.74, 6) is 0.437. The number of amides is 2. The van der Waals surface area contributed by atoms with Gasteiger partial charge in [-0.05, 0) is 50.3 Å². The van der Waals surface area contributed by atoms with Gasteiger partial charge in [-0.3, -0.25) is 14.5 Å². The molecule has 1 aromatic rings. The zero-order valence-corrected chi connectivity index (χ0v) is 14.2. The summed E-state index contributed by atoms with van der Waals surface area (Å²) in [5, 5.41) is 0. The lowest BCUT2D eigenvalue weighted by Crippen LogP contribution is -2.43. The molecule has 24 heavy (non-hydrogen) atoms. The zero-order valence-electron chi connectivity index (χ0n) is 14.2. The topological polar surface area (TPSA) is 66.6 Å². The first-order chi connectivity index (χ1) is 11.6. The third-order valence-electron chi connectivity index (χ3n) is 5.32. The number of hydrogen-bond donors (Lipinski definition) is 1. The normalized spacial score (nSPS) is 20.9. The number of piperidine rings is 1. The Balaban J connectivity index is 1.55. The van der Waals surface area contributed by atoms with Crippen LogP contribution in [0.3, 0.4) is 0 Å². The van der Waals surface area contributed by atoms with E-state index in [-0.39, 0.29) is 11.9 Å². The number of benzene rings is 1. The molecule has 5 nitrogen and oxygen atoms in total. The van der Waals surface area contributed by atoms with E-state index < -0.39 is 0 Å². The van der Waals surface area contributed by atoms with Crippen molar-refractivity contribution in [3.63, 3.8) is 0 Å². The minimum Gasteiger partial charge on any atom is -0.368 e. The fourth-order valence-electron chi connectivity index (χ4n) is 3.95. The summed E-state index contributed by atoms with van der Waals surface area (Å²) < 4.78 is 0. The van der Waals surface area contributed by atoms with Gasteiger partial charge in [0, 0.05) is 19.5 Å². The van der Waals surface area contributed by atoms with Gasteiger partial charge in [-0.25, -0.2) is 0 Å². The van der Waals surface area contributed by atoms with Crippen LogP contribution in [-0.2, 0) is 9.59 Å². The van der Waals surface area contributed by atoms with Crippen molar-refractivity contribution in [1.82, 2.24) is 9.80 Å². The number of hydrogen-bond acceptors (Lipinski definition) is 3. The van der Waals surface area contributed by atoms with Crippen LogP contribution in [0.4, 0.5) is 0 Å². The highest BCUT2D eigenvalue weighted by Crippen LogP contribution is 2.29. The Bertz CT molecular complexity index is 561. The smallest absolute Gasteiger partial charge is 0.239 e. The van der Waals surface area contributed by atoms with E-state index in [2.05, 4.69) is 4.90 Å². The van der Waals surface area contributed by atoms with Crippen molar-refractivity contribution in [1.29, 1.82) is 0 Å². The molecule has 0 radical (unpaired) electrons. The number of carbonyl (C=O) groups excluding carboxylic acids is 2. The van der Waals surface area contributed by atoms with Crippen LogP contribution in [0.5, 0.6) is 0 Å². The summed E-state index contributed by atoms with van der Waals surface area (Å²) in [6.45, 7) is 3.49. The number of primary amides is 1. The molecule has 0 saturated carbocycles. The minimum absolute atomic E-state index is 0.298. The monoisotopic (exact) mass is 329 g/mol. The number of rotatable bonds is 5. The molecule has 2 saturated heterocycles. The molecule has 2 amide bonds. The largest absolute Gasteiger partial charge is 0.368 e. The van der Waals surface area contributed by atoms with Gasteiger partial charge in [0.25, 0.3) is 0 Å². The maximum Gasteiger partial charge on any atom is 0.239 e. The lowest BCUT2D eigenvalue weighted by molar-refractivity contribution is -0.132. The number of nitrogens with zero attached hydrogens (tertiary/aromatic N) is 2. The predicted molar refractivity (Wildman–Crippen MR) is 93.1 cm³/mol. The average Bonchev–Trinajstić information content (AvgIpc) is 3.12. The van der Waals surface area contributed by atoms with Crippen LogP contribution in [-0.4, -0.2) is 47.8 Å². The van der Waals surface area contributed by atoms with Gasteiger partial charge >= 0.3 is 0 Å². The summed E-state index contributed by atoms with van der Waals surface area (Å²) in [7, 11) is 0. The molecule has 0 aliphatic carbocycles. The Labute approximate surface area is 143 Å². The van der Waals surface area contributed by atoms with E-state index in [1.54, 1.807) is 0 Å². The lowest BCUT2D eigenvalue weighted by Gasteiger charge is -2.36. The highest BCUT2D eigenvalue weighted by Gasteiger charge is 2.31. The maximum atomic E-state index is 12.3. The van der Waals surface area contributed by atoms with Gasteiger partial charge in [-0.2, -0.15) is 0 Å². The van der Waals surface area contributed by atoms with Crippen molar-refractivity contribution in [3.8, 4) is 0 Å². The zero-order chi connectivity index (χ0) is 16.9. The second-order valence-corrected chi connectivity index (χ2v) is 6.99. The highest BCUT2D eigenvalue weighted by molar-refractivity contribution is 5.81. The molecule has 0 bridgehead atoms. The van der Waals surface area contributed by atoms with Gasteiger partial charge in [0.2, 0.25) is 11.8 Å². The quantitative estimate of drug-likeness (QED) is 0.898. The van der Waals surface area contributed by atoms with Gasteiger partial charge in [-0.1, -0.05) is 30.3 Å². The van der Waals surface area contributed by atoms with Crippen molar-refractivity contribution >= 4 is 11.8 Å². The van der Waals surface area contributed by atoms with Crippen LogP contribution in [0.2, 0.25) is 0 Å². The second kappa shape index (κ2) is 7.79. The van der Waals surface area contributed by atoms with Crippen LogP contribution in [0.1, 0.15) is 43.7 Å². The Kier molecular flexibility index (Phi) is 5.51. The average molecular weight is 329 g/mol. The molecule has 0 unspecified atom stereocenters. The van der Waals surface area contributed by atoms with E-state index in [1.807, 2.05) is 35.2 Å². The predicted octanol–water partition coefficient (Wildman–Crippen LogP) is 1.94. The van der Waals surface area contributed by atoms with Gasteiger partial charge in [0.15, 0.2) is 0 Å². The Morgan fingerprint density at radius 1 is 1.04 bits per heavy atom. The molecular formula is C19H27N3O2. The molecule has 2 heterocycles. The Morgan fingerprint density at radius 2 is 1.67 bits per heavy atom. The molecule has 130 valence electrons. The van der Waals surface area contributed by atoms with Crippen LogP contribution in [0, 0.1) is 5.92 Å². The van der Waals surface area contributed by atoms with Crippen molar-refractivity contribution < 1.29 is 9.59 Å². The van der Waals surface area contributed by atoms with Crippen molar-refractivity contribution in [2.24, 2.45) is 11.7 Å². The molecule has 2 aliphatic rings. The fourth-order valence-corrected chi connectivity index (χ4v) is 3.95. The maximum absolute atomic E-state index is 12.3. The molecular weight excluding hydrogens is 302 g/mol. The van der Waals surface area contributed by atoms with Crippen LogP contribution in [0.15, 0.2) is 30.3 Å². The van der Waals surface area contributed by atoms with Gasteiger partial charge in [0.05, 0.1) is 0 Å². The first-order valence-corrected chi connectivity index (χ1v) is 9.01. The molecule has 2 aliphatic heterocycles. The number of nitrogens with two attached hydrogens (primary N) is 1. The third kappa shape index (κ3) is 3.96. The minimum atomic E-state index is -0.360. The Morgan fingerprint density at radius 3 is 2.25 bits per heavy atom. The fraction of sp³-hybridized carbons (Fsp3) is 0.579. The van der Waals surface area contributed by atoms with E-state index in [9.17, 15) is 9.59 Å². The third-order valence-corrected chi connectivity index (χ3v) is 5.32. The number of likely N-dealkylation sites (tertiary alicyclic amines) is 2. The van der Waals surface area contributed by atoms with Crippen molar-refractivity contribution in [3.05, 3.63) is 35.9 Å². The first kappa shape index (κ1) is 17.0. The summed E-state index contributed by atoms with van der Waals surface area (Å²) >= 11 is 0. The Hall–Kier alpha value is -1.88. The van der Waals surface area contributed by atoms with E-state index in [1.165, 1.54) is 0 Å². The summed E-state index contributed by atoms with van der Waals surface area (Å²) in [5.41, 5.74) is 6.61. The summed E-state index contributed by atoms with van der Waals surface area (Å²) in [6, 6.07) is 9.37. The highest BCUT2D eigenvalue weighted by atomic mass is 16.2. The molecule has 2 fully saturated rings. The van der Waals surface area contributed by atoms with Gasteiger partial charge in [0.1, 0.15) is 6.04 Å². The first-order valence-electron chi connectivity index (χ1n) is 9.01. The second-order valence-electron chi connectivity index (χ2n) is 6.99. The molecule has 1 aromatic carbocycles. The van der Waals surface area contributed by atoms with Crippen LogP contribution < -0.4 is 5.73 Å². The molecule has 3 rings (SSSR count). The molecule has 5 heteroatoms. The molecule has 1 atom stereocenters.